The molecule has 4 rings (SSSR count). The fraction of sp³-hybridized carbons (Fsp3) is 0.238. The van der Waals surface area contributed by atoms with Crippen molar-refractivity contribution in [3.05, 3.63) is 63.9 Å². The summed E-state index contributed by atoms with van der Waals surface area (Å²) < 4.78 is 8.29. The van der Waals surface area contributed by atoms with Crippen molar-refractivity contribution >= 4 is 39.4 Å². The molecule has 154 valence electrons. The number of hydrogen-bond acceptors (Lipinski definition) is 5. The number of carbonyl (C=O) groups excluding carboxylic acids is 2. The molecule has 1 aliphatic heterocycles. The number of carbonyl (C=O) groups is 2. The van der Waals surface area contributed by atoms with E-state index in [0.29, 0.717) is 11.7 Å². The Labute approximate surface area is 181 Å². The lowest BCUT2D eigenvalue weighted by Gasteiger charge is -2.23. The number of rotatable bonds is 5. The van der Waals surface area contributed by atoms with Gasteiger partial charge in [0.2, 0.25) is 11.9 Å². The zero-order chi connectivity index (χ0) is 21.3. The van der Waals surface area contributed by atoms with Gasteiger partial charge in [-0.1, -0.05) is 28.1 Å². The second-order valence-electron chi connectivity index (χ2n) is 7.12. The van der Waals surface area contributed by atoms with Gasteiger partial charge in [0.1, 0.15) is 12.1 Å². The van der Waals surface area contributed by atoms with Crippen molar-refractivity contribution in [3.63, 3.8) is 0 Å². The molecule has 2 aromatic carbocycles. The number of nitrogens with zero attached hydrogens (tertiary/aromatic N) is 3. The summed E-state index contributed by atoms with van der Waals surface area (Å²) in [5.41, 5.74) is 3.66. The van der Waals surface area contributed by atoms with Crippen LogP contribution in [0.4, 0.5) is 11.6 Å². The fourth-order valence-electron chi connectivity index (χ4n) is 3.48. The number of nitrogens with one attached hydrogen (secondary N) is 2. The van der Waals surface area contributed by atoms with Gasteiger partial charge in [0.25, 0.3) is 5.91 Å². The van der Waals surface area contributed by atoms with Gasteiger partial charge in [-0.25, -0.2) is 4.68 Å². The molecule has 9 heteroatoms. The van der Waals surface area contributed by atoms with E-state index in [0.717, 1.165) is 26.9 Å². The van der Waals surface area contributed by atoms with Crippen LogP contribution < -0.4 is 15.4 Å². The molecule has 0 unspecified atom stereocenters. The van der Waals surface area contributed by atoms with Gasteiger partial charge in [-0.2, -0.15) is 10.1 Å². The van der Waals surface area contributed by atoms with Crippen molar-refractivity contribution in [2.24, 2.45) is 0 Å². The number of anilines is 2. The van der Waals surface area contributed by atoms with Gasteiger partial charge in [0.15, 0.2) is 6.61 Å². The highest BCUT2D eigenvalue weighted by molar-refractivity contribution is 9.10. The van der Waals surface area contributed by atoms with Crippen LogP contribution in [0.1, 0.15) is 29.2 Å². The molecule has 8 nitrogen and oxygen atoms in total. The minimum absolute atomic E-state index is 0.101. The van der Waals surface area contributed by atoms with Crippen molar-refractivity contribution in [3.8, 4) is 5.75 Å². The number of amides is 2. The zero-order valence-corrected chi connectivity index (χ0v) is 18.1. The average Bonchev–Trinajstić information content (AvgIpc) is 3.17. The quantitative estimate of drug-likeness (QED) is 0.594. The maximum Gasteiger partial charge on any atom is 0.262 e. The van der Waals surface area contributed by atoms with E-state index < -0.39 is 0 Å². The van der Waals surface area contributed by atoms with Gasteiger partial charge < -0.3 is 10.1 Å². The molecule has 2 heterocycles. The first-order valence-electron chi connectivity index (χ1n) is 9.39. The summed E-state index contributed by atoms with van der Waals surface area (Å²) in [5, 5.41) is 9.79. The molecule has 0 aliphatic carbocycles. The number of halogens is 1. The van der Waals surface area contributed by atoms with Crippen LogP contribution in [0.15, 0.2) is 47.2 Å². The molecule has 0 spiro atoms. The van der Waals surface area contributed by atoms with Crippen molar-refractivity contribution in [2.75, 3.05) is 17.2 Å². The highest BCUT2D eigenvalue weighted by atomic mass is 79.9. The lowest BCUT2D eigenvalue weighted by molar-refractivity contribution is -0.118. The van der Waals surface area contributed by atoms with Gasteiger partial charge in [0.05, 0.1) is 12.5 Å². The van der Waals surface area contributed by atoms with Gasteiger partial charge in [0, 0.05) is 10.2 Å². The SMILES string of the molecule is Cc1cc(Br)cc(C)c1NC(=O)COc1ccc([C@H]2CC(=O)Nc3ncnn32)cc1. The summed E-state index contributed by atoms with van der Waals surface area (Å²) in [6, 6.07) is 11.0. The van der Waals surface area contributed by atoms with Gasteiger partial charge in [-0.05, 0) is 54.8 Å². The molecule has 3 aromatic rings. The van der Waals surface area contributed by atoms with Gasteiger partial charge in [-0.15, -0.1) is 0 Å². The molecule has 1 aliphatic rings. The molecule has 1 aromatic heterocycles. The van der Waals surface area contributed by atoms with E-state index in [1.54, 1.807) is 16.8 Å². The highest BCUT2D eigenvalue weighted by Gasteiger charge is 2.27. The van der Waals surface area contributed by atoms with E-state index in [4.69, 9.17) is 4.74 Å². The van der Waals surface area contributed by atoms with E-state index in [1.807, 2.05) is 38.1 Å². The molecule has 0 bridgehead atoms. The number of aryl methyl sites for hydroxylation is 2. The third kappa shape index (κ3) is 4.20. The van der Waals surface area contributed by atoms with Gasteiger partial charge >= 0.3 is 0 Å². The van der Waals surface area contributed by atoms with Crippen molar-refractivity contribution in [1.82, 2.24) is 14.8 Å². The summed E-state index contributed by atoms with van der Waals surface area (Å²) in [5.74, 6) is 0.670. The molecule has 2 amide bonds. The number of ether oxygens (including phenoxy) is 1. The van der Waals surface area contributed by atoms with Crippen LogP contribution in [0.3, 0.4) is 0 Å². The summed E-state index contributed by atoms with van der Waals surface area (Å²) in [6.45, 7) is 3.78. The Hall–Kier alpha value is -3.20. The zero-order valence-electron chi connectivity index (χ0n) is 16.5. The monoisotopic (exact) mass is 469 g/mol. The summed E-state index contributed by atoms with van der Waals surface area (Å²) in [4.78, 5) is 28.3. The predicted molar refractivity (Wildman–Crippen MR) is 116 cm³/mol. The van der Waals surface area contributed by atoms with Gasteiger partial charge in [-0.3, -0.25) is 14.9 Å². The van der Waals surface area contributed by atoms with Crippen LogP contribution in [-0.2, 0) is 9.59 Å². The summed E-state index contributed by atoms with van der Waals surface area (Å²) >= 11 is 3.45. The number of fused-ring (bicyclic) bond motifs is 1. The second kappa shape index (κ2) is 8.27. The largest absolute Gasteiger partial charge is 0.484 e. The van der Waals surface area contributed by atoms with Crippen LogP contribution in [-0.4, -0.2) is 33.2 Å². The first-order valence-corrected chi connectivity index (χ1v) is 10.2. The third-order valence-corrected chi connectivity index (χ3v) is 5.35. The number of aromatic nitrogens is 3. The van der Waals surface area contributed by atoms with E-state index in [1.165, 1.54) is 6.33 Å². The van der Waals surface area contributed by atoms with Crippen LogP contribution in [0.5, 0.6) is 5.75 Å². The average molecular weight is 470 g/mol. The Kier molecular flexibility index (Phi) is 5.54. The normalized spacial score (nSPS) is 15.3. The Balaban J connectivity index is 1.39. The van der Waals surface area contributed by atoms with Crippen molar-refractivity contribution in [1.29, 1.82) is 0 Å². The lowest BCUT2D eigenvalue weighted by Crippen LogP contribution is -2.29. The molecule has 30 heavy (non-hydrogen) atoms. The molecular formula is C21H20BrN5O3. The van der Waals surface area contributed by atoms with Crippen LogP contribution in [0, 0.1) is 13.8 Å². The predicted octanol–water partition coefficient (Wildman–Crippen LogP) is 3.61. The molecule has 2 N–H and O–H groups in total. The Morgan fingerprint density at radius 2 is 1.97 bits per heavy atom. The summed E-state index contributed by atoms with van der Waals surface area (Å²) in [7, 11) is 0. The third-order valence-electron chi connectivity index (χ3n) is 4.89. The van der Waals surface area contributed by atoms with Crippen LogP contribution >= 0.6 is 15.9 Å². The second-order valence-corrected chi connectivity index (χ2v) is 8.03. The fourth-order valence-corrected chi connectivity index (χ4v) is 4.17. The van der Waals surface area contributed by atoms with E-state index in [-0.39, 0.29) is 30.9 Å². The topological polar surface area (TPSA) is 98.1 Å². The maximum absolute atomic E-state index is 12.3. The van der Waals surface area contributed by atoms with Crippen molar-refractivity contribution in [2.45, 2.75) is 26.3 Å². The Bertz CT molecular complexity index is 1090. The molecule has 0 fully saturated rings. The smallest absolute Gasteiger partial charge is 0.262 e. The minimum atomic E-state index is -0.233. The molecule has 0 radical (unpaired) electrons. The number of benzene rings is 2. The molecule has 1 atom stereocenters. The van der Waals surface area contributed by atoms with Crippen LogP contribution in [0.2, 0.25) is 0 Å². The van der Waals surface area contributed by atoms with E-state index in [9.17, 15) is 9.59 Å². The lowest BCUT2D eigenvalue weighted by atomic mass is 10.0. The minimum Gasteiger partial charge on any atom is -0.484 e. The van der Waals surface area contributed by atoms with E-state index >= 15 is 0 Å². The Morgan fingerprint density at radius 1 is 1.27 bits per heavy atom. The summed E-state index contributed by atoms with van der Waals surface area (Å²) in [6.07, 6.45) is 1.70. The standard InChI is InChI=1S/C21H20BrN5O3/c1-12-7-15(22)8-13(2)20(12)25-19(29)10-30-16-5-3-14(4-6-16)17-9-18(28)26-21-23-11-24-27(17)21/h3-8,11,17H,9-10H2,1-2H3,(H,25,29)(H,23,24,26,28)/t17-/m1/s1. The first-order chi connectivity index (χ1) is 14.4. The maximum atomic E-state index is 12.3. The first kappa shape index (κ1) is 20.1. The highest BCUT2D eigenvalue weighted by Crippen LogP contribution is 2.29. The Morgan fingerprint density at radius 3 is 2.67 bits per heavy atom. The molecule has 0 saturated carbocycles. The van der Waals surface area contributed by atoms with E-state index in [2.05, 4.69) is 36.6 Å². The van der Waals surface area contributed by atoms with Crippen molar-refractivity contribution < 1.29 is 14.3 Å². The number of hydrogen-bond donors (Lipinski definition) is 2. The molecule has 0 saturated heterocycles. The van der Waals surface area contributed by atoms with Crippen LogP contribution in [0.25, 0.3) is 0 Å². The molecular weight excluding hydrogens is 450 g/mol.